The molecule has 1 aromatic carbocycles. The predicted octanol–water partition coefficient (Wildman–Crippen LogP) is 2.27. The second-order valence-corrected chi connectivity index (χ2v) is 3.77. The molecular weight excluding hydrogens is 220 g/mol. The van der Waals surface area contributed by atoms with Gasteiger partial charge in [-0.05, 0) is 22.0 Å². The lowest BCUT2D eigenvalue weighted by atomic mass is 9.97. The highest BCUT2D eigenvalue weighted by atomic mass is 79.9. The minimum atomic E-state index is 0.353. The summed E-state index contributed by atoms with van der Waals surface area (Å²) in [6.45, 7) is 1.45. The summed E-state index contributed by atoms with van der Waals surface area (Å²) < 4.78 is 5.81. The topological polar surface area (TPSA) is 29.5 Å². The van der Waals surface area contributed by atoms with Crippen molar-refractivity contribution in [2.45, 2.75) is 5.92 Å². The van der Waals surface area contributed by atoms with Gasteiger partial charge in [0, 0.05) is 11.5 Å². The zero-order valence-corrected chi connectivity index (χ0v) is 8.04. The van der Waals surface area contributed by atoms with Crippen LogP contribution in [0.5, 0.6) is 5.75 Å². The lowest BCUT2D eigenvalue weighted by Gasteiger charge is -2.27. The lowest BCUT2D eigenvalue weighted by molar-refractivity contribution is 0.00750. The summed E-state index contributed by atoms with van der Waals surface area (Å²) in [7, 11) is 0. The number of para-hydroxylation sites is 1. The fourth-order valence-corrected chi connectivity index (χ4v) is 1.66. The fraction of sp³-hybridized carbons (Fsp3) is 0.333. The van der Waals surface area contributed by atoms with Crippen molar-refractivity contribution >= 4 is 15.9 Å². The number of hydrogen-bond acceptors (Lipinski definition) is 2. The second kappa shape index (κ2) is 3.07. The highest BCUT2D eigenvalue weighted by Gasteiger charge is 2.23. The molecule has 0 aromatic heterocycles. The van der Waals surface area contributed by atoms with E-state index in [-0.39, 0.29) is 0 Å². The van der Waals surface area contributed by atoms with Crippen molar-refractivity contribution in [2.24, 2.45) is 0 Å². The molecular formula is C9H9BrO2. The molecule has 0 saturated carbocycles. The van der Waals surface area contributed by atoms with Crippen LogP contribution in [-0.4, -0.2) is 18.3 Å². The van der Waals surface area contributed by atoms with Gasteiger partial charge in [-0.3, -0.25) is 0 Å². The molecule has 1 N–H and O–H groups in total. The zero-order chi connectivity index (χ0) is 8.55. The molecule has 1 aromatic rings. The van der Waals surface area contributed by atoms with Crippen molar-refractivity contribution in [3.8, 4) is 5.75 Å². The van der Waals surface area contributed by atoms with E-state index in [0.717, 1.165) is 23.2 Å². The average molecular weight is 229 g/mol. The molecule has 1 saturated heterocycles. The number of halogens is 1. The molecule has 1 aliphatic rings. The number of ether oxygens (including phenoxy) is 1. The number of benzene rings is 1. The molecule has 2 nitrogen and oxygen atoms in total. The van der Waals surface area contributed by atoms with Crippen molar-refractivity contribution in [1.82, 2.24) is 0 Å². The van der Waals surface area contributed by atoms with Gasteiger partial charge < -0.3 is 9.84 Å². The van der Waals surface area contributed by atoms with Crippen LogP contribution in [0.1, 0.15) is 11.5 Å². The summed E-state index contributed by atoms with van der Waals surface area (Å²) in [5.41, 5.74) is 0.982. The third-order valence-corrected chi connectivity index (χ3v) is 2.74. The highest BCUT2D eigenvalue weighted by Crippen LogP contribution is 2.35. The quantitative estimate of drug-likeness (QED) is 0.800. The van der Waals surface area contributed by atoms with E-state index in [0.29, 0.717) is 11.7 Å². The van der Waals surface area contributed by atoms with E-state index >= 15 is 0 Å². The van der Waals surface area contributed by atoms with Crippen LogP contribution in [0.15, 0.2) is 22.7 Å². The van der Waals surface area contributed by atoms with E-state index in [2.05, 4.69) is 15.9 Å². The van der Waals surface area contributed by atoms with Crippen LogP contribution >= 0.6 is 15.9 Å². The lowest BCUT2D eigenvalue weighted by Crippen LogP contribution is -2.25. The second-order valence-electron chi connectivity index (χ2n) is 2.91. The standard InChI is InChI=1S/C9H9BrO2/c10-8-3-1-2-7(9(8)11)6-4-12-5-6/h1-3,6,11H,4-5H2. The Morgan fingerprint density at radius 1 is 1.42 bits per heavy atom. The smallest absolute Gasteiger partial charge is 0.133 e. The van der Waals surface area contributed by atoms with Crippen LogP contribution in [0.3, 0.4) is 0 Å². The molecule has 12 heavy (non-hydrogen) atoms. The van der Waals surface area contributed by atoms with E-state index in [1.54, 1.807) is 0 Å². The Labute approximate surface area is 79.3 Å². The zero-order valence-electron chi connectivity index (χ0n) is 6.46. The molecule has 0 amide bonds. The number of aromatic hydroxyl groups is 1. The highest BCUT2D eigenvalue weighted by molar-refractivity contribution is 9.10. The van der Waals surface area contributed by atoms with Crippen molar-refractivity contribution in [1.29, 1.82) is 0 Å². The Bertz CT molecular complexity index is 295. The van der Waals surface area contributed by atoms with Gasteiger partial charge >= 0.3 is 0 Å². The molecule has 3 heteroatoms. The number of phenolic OH excluding ortho intramolecular Hbond substituents is 1. The van der Waals surface area contributed by atoms with Crippen LogP contribution in [0, 0.1) is 0 Å². The number of hydrogen-bond donors (Lipinski definition) is 1. The maximum absolute atomic E-state index is 9.63. The molecule has 64 valence electrons. The molecule has 2 rings (SSSR count). The summed E-state index contributed by atoms with van der Waals surface area (Å²) in [4.78, 5) is 0. The normalized spacial score (nSPS) is 17.4. The summed E-state index contributed by atoms with van der Waals surface area (Å²) in [5.74, 6) is 0.730. The van der Waals surface area contributed by atoms with Crippen molar-refractivity contribution in [3.63, 3.8) is 0 Å². The number of phenols is 1. The minimum Gasteiger partial charge on any atom is -0.506 e. The van der Waals surface area contributed by atoms with Gasteiger partial charge in [-0.15, -0.1) is 0 Å². The maximum Gasteiger partial charge on any atom is 0.133 e. The van der Waals surface area contributed by atoms with Crippen LogP contribution in [-0.2, 0) is 4.74 Å². The fourth-order valence-electron chi connectivity index (χ4n) is 1.28. The summed E-state index contributed by atoms with van der Waals surface area (Å²) in [6.07, 6.45) is 0. The molecule has 0 unspecified atom stereocenters. The van der Waals surface area contributed by atoms with Crippen LogP contribution in [0.4, 0.5) is 0 Å². The summed E-state index contributed by atoms with van der Waals surface area (Å²) in [5, 5.41) is 9.63. The predicted molar refractivity (Wildman–Crippen MR) is 49.4 cm³/mol. The molecule has 1 heterocycles. The Morgan fingerprint density at radius 2 is 2.17 bits per heavy atom. The SMILES string of the molecule is Oc1c(Br)cccc1C1COC1. The minimum absolute atomic E-state index is 0.353. The van der Waals surface area contributed by atoms with E-state index in [9.17, 15) is 5.11 Å². The monoisotopic (exact) mass is 228 g/mol. The molecule has 0 atom stereocenters. The molecule has 0 radical (unpaired) electrons. The van der Waals surface area contributed by atoms with Gasteiger partial charge in [0.2, 0.25) is 0 Å². The third-order valence-electron chi connectivity index (χ3n) is 2.10. The molecule has 1 aliphatic heterocycles. The Kier molecular flexibility index (Phi) is 2.07. The van der Waals surface area contributed by atoms with Crippen LogP contribution in [0.25, 0.3) is 0 Å². The third kappa shape index (κ3) is 1.23. The first-order chi connectivity index (χ1) is 5.79. The van der Waals surface area contributed by atoms with Crippen molar-refractivity contribution in [2.75, 3.05) is 13.2 Å². The van der Waals surface area contributed by atoms with E-state index in [1.165, 1.54) is 0 Å². The van der Waals surface area contributed by atoms with Gasteiger partial charge in [-0.2, -0.15) is 0 Å². The largest absolute Gasteiger partial charge is 0.506 e. The average Bonchev–Trinajstić information content (AvgIpc) is 1.95. The van der Waals surface area contributed by atoms with E-state index < -0.39 is 0 Å². The molecule has 0 spiro atoms. The first kappa shape index (κ1) is 8.08. The van der Waals surface area contributed by atoms with Crippen molar-refractivity contribution in [3.05, 3.63) is 28.2 Å². The summed E-state index contributed by atoms with van der Waals surface area (Å²) in [6, 6.07) is 5.70. The van der Waals surface area contributed by atoms with Gasteiger partial charge in [0.1, 0.15) is 5.75 Å². The maximum atomic E-state index is 9.63. The van der Waals surface area contributed by atoms with Crippen LogP contribution < -0.4 is 0 Å². The van der Waals surface area contributed by atoms with Crippen LogP contribution in [0.2, 0.25) is 0 Å². The molecule has 0 bridgehead atoms. The first-order valence-corrected chi connectivity index (χ1v) is 4.63. The Morgan fingerprint density at radius 3 is 2.75 bits per heavy atom. The van der Waals surface area contributed by atoms with Gasteiger partial charge in [0.25, 0.3) is 0 Å². The van der Waals surface area contributed by atoms with Gasteiger partial charge in [0.05, 0.1) is 17.7 Å². The van der Waals surface area contributed by atoms with Crippen molar-refractivity contribution < 1.29 is 9.84 Å². The summed E-state index contributed by atoms with van der Waals surface area (Å²) >= 11 is 3.28. The van der Waals surface area contributed by atoms with Gasteiger partial charge in [-0.25, -0.2) is 0 Å². The molecule has 0 aliphatic carbocycles. The van der Waals surface area contributed by atoms with Gasteiger partial charge in [-0.1, -0.05) is 12.1 Å². The van der Waals surface area contributed by atoms with E-state index in [4.69, 9.17) is 4.74 Å². The van der Waals surface area contributed by atoms with Gasteiger partial charge in [0.15, 0.2) is 0 Å². The molecule has 1 fully saturated rings. The first-order valence-electron chi connectivity index (χ1n) is 3.84. The number of rotatable bonds is 1. The van der Waals surface area contributed by atoms with E-state index in [1.807, 2.05) is 18.2 Å². The Hall–Kier alpha value is -0.540. The Balaban J connectivity index is 2.36.